The molecule has 1 heterocycles. The molecule has 0 amide bonds. The predicted molar refractivity (Wildman–Crippen MR) is 88.3 cm³/mol. The lowest BCUT2D eigenvalue weighted by Gasteiger charge is -2.25. The van der Waals surface area contributed by atoms with Crippen molar-refractivity contribution in [1.29, 1.82) is 0 Å². The SMILES string of the molecule is Cc1cc(C)c(CC(CCC2CCCCO2)NN)c(C)c1. The lowest BCUT2D eigenvalue weighted by molar-refractivity contribution is 0.00858. The summed E-state index contributed by atoms with van der Waals surface area (Å²) in [6.45, 7) is 7.49. The van der Waals surface area contributed by atoms with E-state index in [0.717, 1.165) is 25.9 Å². The summed E-state index contributed by atoms with van der Waals surface area (Å²) in [6, 6.07) is 4.86. The van der Waals surface area contributed by atoms with E-state index < -0.39 is 0 Å². The number of ether oxygens (including phenoxy) is 1. The van der Waals surface area contributed by atoms with Gasteiger partial charge in [-0.1, -0.05) is 17.7 Å². The van der Waals surface area contributed by atoms with Crippen LogP contribution in [0.15, 0.2) is 12.1 Å². The molecule has 1 aromatic carbocycles. The van der Waals surface area contributed by atoms with E-state index in [1.807, 2.05) is 0 Å². The zero-order valence-corrected chi connectivity index (χ0v) is 13.7. The molecular weight excluding hydrogens is 260 g/mol. The molecule has 1 fully saturated rings. The van der Waals surface area contributed by atoms with E-state index in [2.05, 4.69) is 38.3 Å². The third-order valence-electron chi connectivity index (χ3n) is 4.64. The topological polar surface area (TPSA) is 47.3 Å². The molecule has 2 rings (SSSR count). The number of hydrazine groups is 1. The van der Waals surface area contributed by atoms with Crippen molar-refractivity contribution in [2.24, 2.45) is 5.84 Å². The summed E-state index contributed by atoms with van der Waals surface area (Å²) < 4.78 is 5.82. The molecule has 3 N–H and O–H groups in total. The smallest absolute Gasteiger partial charge is 0.0575 e. The van der Waals surface area contributed by atoms with Gasteiger partial charge in [-0.15, -0.1) is 0 Å². The Morgan fingerprint density at radius 1 is 1.24 bits per heavy atom. The van der Waals surface area contributed by atoms with E-state index in [9.17, 15) is 0 Å². The molecule has 1 aliphatic heterocycles. The molecule has 0 bridgehead atoms. The fourth-order valence-electron chi connectivity index (χ4n) is 3.44. The lowest BCUT2D eigenvalue weighted by Crippen LogP contribution is -2.38. The van der Waals surface area contributed by atoms with Crippen LogP contribution in [-0.4, -0.2) is 18.8 Å². The van der Waals surface area contributed by atoms with Gasteiger partial charge >= 0.3 is 0 Å². The Kier molecular flexibility index (Phi) is 6.22. The molecular formula is C18H30N2O. The number of rotatable bonds is 6. The highest BCUT2D eigenvalue weighted by atomic mass is 16.5. The minimum Gasteiger partial charge on any atom is -0.378 e. The summed E-state index contributed by atoms with van der Waals surface area (Å²) in [7, 11) is 0. The van der Waals surface area contributed by atoms with Crippen molar-refractivity contribution >= 4 is 0 Å². The maximum absolute atomic E-state index is 5.82. The molecule has 0 spiro atoms. The quantitative estimate of drug-likeness (QED) is 0.624. The van der Waals surface area contributed by atoms with Crippen molar-refractivity contribution in [2.75, 3.05) is 6.61 Å². The molecule has 2 atom stereocenters. The van der Waals surface area contributed by atoms with Crippen LogP contribution < -0.4 is 11.3 Å². The van der Waals surface area contributed by atoms with Crippen LogP contribution in [0.2, 0.25) is 0 Å². The molecule has 1 saturated heterocycles. The summed E-state index contributed by atoms with van der Waals surface area (Å²) in [5.74, 6) is 5.78. The summed E-state index contributed by atoms with van der Waals surface area (Å²) in [4.78, 5) is 0. The number of nitrogens with two attached hydrogens (primary N) is 1. The first-order valence-corrected chi connectivity index (χ1v) is 8.24. The average molecular weight is 290 g/mol. The minimum absolute atomic E-state index is 0.329. The van der Waals surface area contributed by atoms with Crippen molar-refractivity contribution in [3.8, 4) is 0 Å². The Bertz CT molecular complexity index is 430. The first-order valence-electron chi connectivity index (χ1n) is 8.24. The number of nitrogens with one attached hydrogen (secondary N) is 1. The molecule has 0 aliphatic carbocycles. The lowest BCUT2D eigenvalue weighted by atomic mass is 9.92. The molecule has 1 aromatic rings. The van der Waals surface area contributed by atoms with E-state index in [1.54, 1.807) is 0 Å². The predicted octanol–water partition coefficient (Wildman–Crippen LogP) is 3.34. The van der Waals surface area contributed by atoms with Gasteiger partial charge in [0, 0.05) is 12.6 Å². The minimum atomic E-state index is 0.329. The molecule has 3 nitrogen and oxygen atoms in total. The Morgan fingerprint density at radius 2 is 1.95 bits per heavy atom. The van der Waals surface area contributed by atoms with Crippen LogP contribution in [0, 0.1) is 20.8 Å². The van der Waals surface area contributed by atoms with E-state index in [1.165, 1.54) is 41.5 Å². The number of hydrogen-bond acceptors (Lipinski definition) is 3. The van der Waals surface area contributed by atoms with Gasteiger partial charge in [0.05, 0.1) is 6.10 Å². The van der Waals surface area contributed by atoms with Gasteiger partial charge in [-0.25, -0.2) is 0 Å². The summed E-state index contributed by atoms with van der Waals surface area (Å²) in [5.41, 5.74) is 8.53. The summed E-state index contributed by atoms with van der Waals surface area (Å²) in [5, 5.41) is 0. The van der Waals surface area contributed by atoms with Gasteiger partial charge in [-0.05, 0) is 76.0 Å². The average Bonchev–Trinajstić information content (AvgIpc) is 2.47. The Morgan fingerprint density at radius 3 is 2.52 bits per heavy atom. The molecule has 0 aromatic heterocycles. The fourth-order valence-corrected chi connectivity index (χ4v) is 3.44. The van der Waals surface area contributed by atoms with Crippen molar-refractivity contribution in [3.05, 3.63) is 34.4 Å². The second-order valence-corrected chi connectivity index (χ2v) is 6.51. The highest BCUT2D eigenvalue weighted by molar-refractivity contribution is 5.38. The molecule has 3 heteroatoms. The Hall–Kier alpha value is -0.900. The van der Waals surface area contributed by atoms with Crippen LogP contribution in [0.3, 0.4) is 0 Å². The van der Waals surface area contributed by atoms with Gasteiger partial charge in [0.25, 0.3) is 0 Å². The van der Waals surface area contributed by atoms with Gasteiger partial charge in [-0.3, -0.25) is 11.3 Å². The van der Waals surface area contributed by atoms with Crippen LogP contribution >= 0.6 is 0 Å². The van der Waals surface area contributed by atoms with Crippen LogP contribution in [0.4, 0.5) is 0 Å². The first-order chi connectivity index (χ1) is 10.1. The zero-order valence-electron chi connectivity index (χ0n) is 13.7. The molecule has 2 unspecified atom stereocenters. The second-order valence-electron chi connectivity index (χ2n) is 6.51. The van der Waals surface area contributed by atoms with Gasteiger partial charge in [0.1, 0.15) is 0 Å². The van der Waals surface area contributed by atoms with Crippen molar-refractivity contribution in [2.45, 2.75) is 71.4 Å². The third-order valence-corrected chi connectivity index (χ3v) is 4.64. The van der Waals surface area contributed by atoms with Gasteiger partial charge in [0.15, 0.2) is 0 Å². The van der Waals surface area contributed by atoms with E-state index in [0.29, 0.717) is 12.1 Å². The highest BCUT2D eigenvalue weighted by Gasteiger charge is 2.17. The molecule has 0 saturated carbocycles. The monoisotopic (exact) mass is 290 g/mol. The molecule has 118 valence electrons. The highest BCUT2D eigenvalue weighted by Crippen LogP contribution is 2.21. The first kappa shape index (κ1) is 16.5. The number of benzene rings is 1. The summed E-state index contributed by atoms with van der Waals surface area (Å²) >= 11 is 0. The standard InChI is InChI=1S/C18H30N2O/c1-13-10-14(2)18(15(3)11-13)12-16(20-19)7-8-17-6-4-5-9-21-17/h10-11,16-17,20H,4-9,12,19H2,1-3H3. The van der Waals surface area contributed by atoms with Crippen LogP contribution in [0.1, 0.15) is 54.4 Å². The van der Waals surface area contributed by atoms with E-state index in [4.69, 9.17) is 10.6 Å². The second kappa shape index (κ2) is 7.92. The van der Waals surface area contributed by atoms with Crippen LogP contribution in [0.5, 0.6) is 0 Å². The van der Waals surface area contributed by atoms with E-state index in [-0.39, 0.29) is 0 Å². The van der Waals surface area contributed by atoms with Gasteiger partial charge in [0.2, 0.25) is 0 Å². The number of aryl methyl sites for hydroxylation is 3. The normalized spacial score (nSPS) is 20.5. The van der Waals surface area contributed by atoms with Gasteiger partial charge < -0.3 is 4.74 Å². The Labute approximate surface area is 129 Å². The van der Waals surface area contributed by atoms with E-state index >= 15 is 0 Å². The number of hydrogen-bond donors (Lipinski definition) is 2. The van der Waals surface area contributed by atoms with Gasteiger partial charge in [-0.2, -0.15) is 0 Å². The maximum atomic E-state index is 5.82. The molecule has 21 heavy (non-hydrogen) atoms. The van der Waals surface area contributed by atoms with Crippen molar-refractivity contribution < 1.29 is 4.74 Å². The van der Waals surface area contributed by atoms with Crippen molar-refractivity contribution in [3.63, 3.8) is 0 Å². The Balaban J connectivity index is 1.92. The summed E-state index contributed by atoms with van der Waals surface area (Å²) in [6.07, 6.45) is 7.36. The zero-order chi connectivity index (χ0) is 15.2. The largest absolute Gasteiger partial charge is 0.378 e. The molecule has 0 radical (unpaired) electrons. The molecule has 1 aliphatic rings. The third kappa shape index (κ3) is 4.80. The van der Waals surface area contributed by atoms with Crippen LogP contribution in [-0.2, 0) is 11.2 Å². The van der Waals surface area contributed by atoms with Crippen molar-refractivity contribution in [1.82, 2.24) is 5.43 Å². The maximum Gasteiger partial charge on any atom is 0.0575 e. The van der Waals surface area contributed by atoms with Crippen LogP contribution in [0.25, 0.3) is 0 Å². The fraction of sp³-hybridized carbons (Fsp3) is 0.667.